The first kappa shape index (κ1) is 6.56. The largest absolute Gasteiger partial charge is 0.146 e. The van der Waals surface area contributed by atoms with E-state index in [1.807, 2.05) is 13.0 Å². The molecule has 0 aliphatic carbocycles. The van der Waals surface area contributed by atoms with Crippen LogP contribution in [0.2, 0.25) is 0 Å². The average molecular weight is 115 g/mol. The molecule has 0 saturated carbocycles. The lowest BCUT2D eigenvalue weighted by atomic mass is 10.5. The van der Waals surface area contributed by atoms with Gasteiger partial charge in [-0.15, -0.1) is 4.91 Å². The summed E-state index contributed by atoms with van der Waals surface area (Å²) in [4.78, 5) is 9.61. The first-order valence-corrected chi connectivity index (χ1v) is 3.31. The average Bonchev–Trinajstić information content (AvgIpc) is 1.68. The fourth-order valence-electron chi connectivity index (χ4n) is 0.333. The number of allylic oxidation sites excluding steroid dienone is 1. The van der Waals surface area contributed by atoms with Crippen LogP contribution in [0.15, 0.2) is 16.6 Å². The monoisotopic (exact) mass is 115 g/mol. The standard InChI is InChI=1S/C4H9NOSi/c1-2-3-4(7)5-6/h3H,2H2,1,7H3. The van der Waals surface area contributed by atoms with Gasteiger partial charge in [-0.3, -0.25) is 0 Å². The Bertz CT molecular complexity index is 89.7. The van der Waals surface area contributed by atoms with E-state index in [1.54, 1.807) is 0 Å². The van der Waals surface area contributed by atoms with Crippen molar-refractivity contribution in [2.24, 2.45) is 5.18 Å². The smallest absolute Gasteiger partial charge is 0.0665 e. The third kappa shape index (κ3) is 3.39. The summed E-state index contributed by atoms with van der Waals surface area (Å²) in [7, 11) is 0.781. The predicted octanol–water partition coefficient (Wildman–Crippen LogP) is 0.370. The lowest BCUT2D eigenvalue weighted by Gasteiger charge is -1.78. The Balaban J connectivity index is 3.49. The van der Waals surface area contributed by atoms with Crippen molar-refractivity contribution in [1.29, 1.82) is 0 Å². The molecule has 0 aliphatic rings. The molecule has 0 saturated heterocycles. The molecule has 0 aliphatic heterocycles. The quantitative estimate of drug-likeness (QED) is 0.377. The predicted molar refractivity (Wildman–Crippen MR) is 34.1 cm³/mol. The fourth-order valence-corrected chi connectivity index (χ4v) is 0.741. The van der Waals surface area contributed by atoms with E-state index in [4.69, 9.17) is 0 Å². The van der Waals surface area contributed by atoms with Crippen LogP contribution in [0.4, 0.5) is 0 Å². The SMILES string of the molecule is CCC=C([SiH3])N=O. The van der Waals surface area contributed by atoms with E-state index in [1.165, 1.54) is 0 Å². The van der Waals surface area contributed by atoms with Gasteiger partial charge in [-0.25, -0.2) is 0 Å². The Labute approximate surface area is 46.0 Å². The van der Waals surface area contributed by atoms with Crippen molar-refractivity contribution in [3.63, 3.8) is 0 Å². The van der Waals surface area contributed by atoms with Crippen molar-refractivity contribution >= 4 is 10.2 Å². The molecule has 0 unspecified atom stereocenters. The molecule has 40 valence electrons. The second kappa shape index (κ2) is 3.74. The van der Waals surface area contributed by atoms with Gasteiger partial charge in [0.25, 0.3) is 0 Å². The summed E-state index contributed by atoms with van der Waals surface area (Å²) in [5, 5.41) is 3.46. The van der Waals surface area contributed by atoms with Gasteiger partial charge in [0.1, 0.15) is 0 Å². The maximum atomic E-state index is 9.61. The minimum Gasteiger partial charge on any atom is -0.146 e. The van der Waals surface area contributed by atoms with Crippen LogP contribution in [0.25, 0.3) is 0 Å². The molecule has 0 N–H and O–H groups in total. The summed E-state index contributed by atoms with van der Waals surface area (Å²) in [6.45, 7) is 1.99. The summed E-state index contributed by atoms with van der Waals surface area (Å²) in [5.41, 5.74) is 0. The zero-order chi connectivity index (χ0) is 5.70. The van der Waals surface area contributed by atoms with Crippen molar-refractivity contribution in [2.75, 3.05) is 0 Å². The van der Waals surface area contributed by atoms with Gasteiger partial charge in [-0.05, 0) is 11.6 Å². The van der Waals surface area contributed by atoms with Crippen LogP contribution in [-0.2, 0) is 0 Å². The molecule has 2 nitrogen and oxygen atoms in total. The lowest BCUT2D eigenvalue weighted by Crippen LogP contribution is -1.70. The van der Waals surface area contributed by atoms with Crippen LogP contribution in [-0.4, -0.2) is 10.2 Å². The Morgan fingerprint density at radius 1 is 2.00 bits per heavy atom. The highest BCUT2D eigenvalue weighted by Crippen LogP contribution is 1.88. The van der Waals surface area contributed by atoms with Crippen molar-refractivity contribution in [2.45, 2.75) is 13.3 Å². The molecule has 0 aromatic carbocycles. The van der Waals surface area contributed by atoms with Crippen LogP contribution in [0.5, 0.6) is 0 Å². The van der Waals surface area contributed by atoms with E-state index in [-0.39, 0.29) is 0 Å². The summed E-state index contributed by atoms with van der Waals surface area (Å²) in [6, 6.07) is 0. The maximum absolute atomic E-state index is 9.61. The topological polar surface area (TPSA) is 29.4 Å². The van der Waals surface area contributed by atoms with Gasteiger partial charge < -0.3 is 0 Å². The van der Waals surface area contributed by atoms with Gasteiger partial charge in [-0.2, -0.15) is 0 Å². The van der Waals surface area contributed by atoms with Gasteiger partial charge in [0, 0.05) is 0 Å². The molecule has 0 atom stereocenters. The molecular weight excluding hydrogens is 106 g/mol. The van der Waals surface area contributed by atoms with E-state index in [0.29, 0.717) is 5.32 Å². The van der Waals surface area contributed by atoms with Crippen molar-refractivity contribution < 1.29 is 0 Å². The molecule has 0 rings (SSSR count). The van der Waals surface area contributed by atoms with Crippen LogP contribution in [0, 0.1) is 4.91 Å². The molecule has 0 aromatic heterocycles. The van der Waals surface area contributed by atoms with Crippen LogP contribution in [0.3, 0.4) is 0 Å². The molecule has 0 radical (unpaired) electrons. The summed E-state index contributed by atoms with van der Waals surface area (Å²) >= 11 is 0. The van der Waals surface area contributed by atoms with E-state index < -0.39 is 0 Å². The first-order valence-electron chi connectivity index (χ1n) is 2.31. The second-order valence-electron chi connectivity index (χ2n) is 1.35. The number of rotatable bonds is 2. The summed E-state index contributed by atoms with van der Waals surface area (Å²) < 4.78 is 0. The zero-order valence-electron chi connectivity index (χ0n) is 4.64. The first-order chi connectivity index (χ1) is 3.31. The molecule has 0 spiro atoms. The van der Waals surface area contributed by atoms with Crippen molar-refractivity contribution in [3.05, 3.63) is 16.3 Å². The minimum absolute atomic E-state index is 0.711. The lowest BCUT2D eigenvalue weighted by molar-refractivity contribution is 1.20. The third-order valence-electron chi connectivity index (χ3n) is 0.644. The Morgan fingerprint density at radius 3 is 2.71 bits per heavy atom. The van der Waals surface area contributed by atoms with Crippen molar-refractivity contribution in [1.82, 2.24) is 0 Å². The molecule has 0 heterocycles. The highest BCUT2D eigenvalue weighted by atomic mass is 28.1. The molecular formula is C4H9NOSi. The Hall–Kier alpha value is -0.443. The Kier molecular flexibility index (Phi) is 3.50. The van der Waals surface area contributed by atoms with Crippen molar-refractivity contribution in [3.8, 4) is 0 Å². The van der Waals surface area contributed by atoms with Gasteiger partial charge in [0.15, 0.2) is 0 Å². The summed E-state index contributed by atoms with van der Waals surface area (Å²) in [6.07, 6.45) is 2.77. The van der Waals surface area contributed by atoms with E-state index in [2.05, 4.69) is 5.18 Å². The molecule has 7 heavy (non-hydrogen) atoms. The van der Waals surface area contributed by atoms with Gasteiger partial charge >= 0.3 is 0 Å². The van der Waals surface area contributed by atoms with E-state index >= 15 is 0 Å². The molecule has 0 bridgehead atoms. The third-order valence-corrected chi connectivity index (χ3v) is 1.23. The van der Waals surface area contributed by atoms with E-state index in [0.717, 1.165) is 16.7 Å². The van der Waals surface area contributed by atoms with Crippen LogP contribution in [0.1, 0.15) is 13.3 Å². The number of hydrogen-bond acceptors (Lipinski definition) is 2. The Morgan fingerprint density at radius 2 is 2.57 bits per heavy atom. The minimum atomic E-state index is 0.711. The molecule has 0 aromatic rings. The number of nitroso groups, excluding NO2 is 1. The van der Waals surface area contributed by atoms with Gasteiger partial charge in [0.2, 0.25) is 0 Å². The normalized spacial score (nSPS) is 11.9. The van der Waals surface area contributed by atoms with E-state index in [9.17, 15) is 4.91 Å². The second-order valence-corrected chi connectivity index (χ2v) is 2.37. The maximum Gasteiger partial charge on any atom is 0.0665 e. The highest BCUT2D eigenvalue weighted by Gasteiger charge is 1.77. The zero-order valence-corrected chi connectivity index (χ0v) is 6.64. The molecule has 3 heteroatoms. The molecule has 0 fully saturated rings. The fraction of sp³-hybridized carbons (Fsp3) is 0.500. The highest BCUT2D eigenvalue weighted by molar-refractivity contribution is 6.21. The number of hydrogen-bond donors (Lipinski definition) is 0. The summed E-state index contributed by atoms with van der Waals surface area (Å²) in [5.74, 6) is 0. The van der Waals surface area contributed by atoms with Crippen LogP contribution < -0.4 is 0 Å². The number of nitrogens with zero attached hydrogens (tertiary/aromatic N) is 1. The van der Waals surface area contributed by atoms with Gasteiger partial charge in [0.05, 0.1) is 15.6 Å². The van der Waals surface area contributed by atoms with Crippen LogP contribution >= 0.6 is 0 Å². The molecule has 0 amide bonds. The van der Waals surface area contributed by atoms with Gasteiger partial charge in [-0.1, -0.05) is 13.0 Å².